The summed E-state index contributed by atoms with van der Waals surface area (Å²) in [6.07, 6.45) is 0.213. The minimum absolute atomic E-state index is 0.117. The first-order valence-corrected chi connectivity index (χ1v) is 11.2. The Morgan fingerprint density at radius 3 is 2.62 bits per heavy atom. The number of nitrogens with one attached hydrogen (secondary N) is 2. The molecule has 0 saturated carbocycles. The van der Waals surface area contributed by atoms with E-state index >= 15 is 0 Å². The van der Waals surface area contributed by atoms with Gasteiger partial charge < -0.3 is 15.4 Å². The Balaban J connectivity index is 1.33. The molecule has 162 valence electrons. The average molecular weight is 446 g/mol. The fourth-order valence-corrected chi connectivity index (χ4v) is 4.17. The fourth-order valence-electron chi connectivity index (χ4n) is 3.44. The molecular weight excluding hydrogens is 422 g/mol. The van der Waals surface area contributed by atoms with Gasteiger partial charge in [-0.1, -0.05) is 54.6 Å². The van der Waals surface area contributed by atoms with Gasteiger partial charge in [0.2, 0.25) is 11.8 Å². The van der Waals surface area contributed by atoms with Crippen LogP contribution in [0.5, 0.6) is 5.75 Å². The standard InChI is InChI=1S/C25H23N3O3S/c1-2-31-22-13-6-5-12-20(22)21-16-32-25(27-21)28-24(30)15-26-23(29)14-18-10-7-9-17-8-3-4-11-19(17)18/h3-13,16H,2,14-15H2,1H3,(H,26,29)(H,27,28,30). The third-order valence-electron chi connectivity index (χ3n) is 4.89. The van der Waals surface area contributed by atoms with E-state index in [1.165, 1.54) is 11.3 Å². The van der Waals surface area contributed by atoms with Gasteiger partial charge in [-0.15, -0.1) is 11.3 Å². The van der Waals surface area contributed by atoms with Crippen molar-refractivity contribution in [1.29, 1.82) is 0 Å². The van der Waals surface area contributed by atoms with Crippen molar-refractivity contribution in [3.8, 4) is 17.0 Å². The largest absolute Gasteiger partial charge is 0.493 e. The Labute approximate surface area is 190 Å². The number of hydrogen-bond acceptors (Lipinski definition) is 5. The summed E-state index contributed by atoms with van der Waals surface area (Å²) in [5.74, 6) is 0.219. The molecule has 0 bridgehead atoms. The highest BCUT2D eigenvalue weighted by molar-refractivity contribution is 7.14. The number of benzene rings is 3. The molecule has 2 amide bonds. The number of fused-ring (bicyclic) bond motifs is 1. The Morgan fingerprint density at radius 2 is 1.75 bits per heavy atom. The van der Waals surface area contributed by atoms with Crippen LogP contribution >= 0.6 is 11.3 Å². The number of carbonyl (C=O) groups is 2. The van der Waals surface area contributed by atoms with Gasteiger partial charge in [0.15, 0.2) is 5.13 Å². The smallest absolute Gasteiger partial charge is 0.245 e. The molecule has 0 spiro atoms. The highest BCUT2D eigenvalue weighted by atomic mass is 32.1. The van der Waals surface area contributed by atoms with E-state index in [0.29, 0.717) is 11.7 Å². The van der Waals surface area contributed by atoms with Crippen LogP contribution in [0.2, 0.25) is 0 Å². The van der Waals surface area contributed by atoms with Crippen molar-refractivity contribution in [1.82, 2.24) is 10.3 Å². The number of carbonyl (C=O) groups excluding carboxylic acids is 2. The van der Waals surface area contributed by atoms with Crippen molar-refractivity contribution in [2.45, 2.75) is 13.3 Å². The highest BCUT2D eigenvalue weighted by Crippen LogP contribution is 2.32. The number of para-hydroxylation sites is 1. The van der Waals surface area contributed by atoms with Gasteiger partial charge in [0.05, 0.1) is 25.3 Å². The molecule has 0 fully saturated rings. The molecule has 1 aromatic heterocycles. The zero-order valence-corrected chi connectivity index (χ0v) is 18.4. The molecule has 0 aliphatic carbocycles. The average Bonchev–Trinajstić information content (AvgIpc) is 3.27. The van der Waals surface area contributed by atoms with Gasteiger partial charge in [0, 0.05) is 10.9 Å². The molecule has 4 rings (SSSR count). The Morgan fingerprint density at radius 1 is 0.969 bits per heavy atom. The quantitative estimate of drug-likeness (QED) is 0.413. The van der Waals surface area contributed by atoms with Crippen LogP contribution in [0, 0.1) is 0 Å². The molecular formula is C25H23N3O3S. The van der Waals surface area contributed by atoms with Crippen LogP contribution in [0.4, 0.5) is 5.13 Å². The van der Waals surface area contributed by atoms with Crippen LogP contribution in [0.1, 0.15) is 12.5 Å². The molecule has 0 radical (unpaired) electrons. The molecule has 4 aromatic rings. The van der Waals surface area contributed by atoms with Crippen LogP contribution < -0.4 is 15.4 Å². The Bertz CT molecular complexity index is 1250. The summed E-state index contributed by atoms with van der Waals surface area (Å²) in [5, 5.41) is 9.89. The fraction of sp³-hybridized carbons (Fsp3) is 0.160. The number of nitrogens with zero attached hydrogens (tertiary/aromatic N) is 1. The molecule has 0 saturated heterocycles. The van der Waals surface area contributed by atoms with Crippen LogP contribution in [0.25, 0.3) is 22.0 Å². The van der Waals surface area contributed by atoms with Gasteiger partial charge in [-0.25, -0.2) is 4.98 Å². The third-order valence-corrected chi connectivity index (χ3v) is 5.65. The van der Waals surface area contributed by atoms with Gasteiger partial charge in [0.1, 0.15) is 5.75 Å². The molecule has 0 aliphatic rings. The molecule has 1 heterocycles. The first-order valence-electron chi connectivity index (χ1n) is 10.3. The first-order chi connectivity index (χ1) is 15.6. The normalized spacial score (nSPS) is 10.7. The second-order valence-electron chi connectivity index (χ2n) is 7.11. The van der Waals surface area contributed by atoms with Crippen LogP contribution in [0.3, 0.4) is 0 Å². The topological polar surface area (TPSA) is 80.3 Å². The SMILES string of the molecule is CCOc1ccccc1-c1csc(NC(=O)CNC(=O)Cc2cccc3ccccc23)n1. The lowest BCUT2D eigenvalue weighted by atomic mass is 10.0. The van der Waals surface area contributed by atoms with E-state index in [0.717, 1.165) is 33.3 Å². The molecule has 0 unspecified atom stereocenters. The van der Waals surface area contributed by atoms with Gasteiger partial charge in [-0.3, -0.25) is 9.59 Å². The summed E-state index contributed by atoms with van der Waals surface area (Å²) in [6, 6.07) is 21.4. The van der Waals surface area contributed by atoms with E-state index in [1.807, 2.05) is 79.0 Å². The van der Waals surface area contributed by atoms with E-state index < -0.39 is 0 Å². The molecule has 0 aliphatic heterocycles. The van der Waals surface area contributed by atoms with Gasteiger partial charge in [0.25, 0.3) is 0 Å². The van der Waals surface area contributed by atoms with E-state index in [1.54, 1.807) is 0 Å². The molecule has 3 aromatic carbocycles. The second-order valence-corrected chi connectivity index (χ2v) is 7.97. The van der Waals surface area contributed by atoms with Gasteiger partial charge in [-0.05, 0) is 35.4 Å². The summed E-state index contributed by atoms with van der Waals surface area (Å²) in [7, 11) is 0. The highest BCUT2D eigenvalue weighted by Gasteiger charge is 2.13. The Hall–Kier alpha value is -3.71. The van der Waals surface area contributed by atoms with Crippen LogP contribution in [0.15, 0.2) is 72.1 Å². The van der Waals surface area contributed by atoms with Crippen molar-refractivity contribution in [2.75, 3.05) is 18.5 Å². The zero-order valence-electron chi connectivity index (χ0n) is 17.6. The first kappa shape index (κ1) is 21.5. The molecule has 2 N–H and O–H groups in total. The number of amides is 2. The van der Waals surface area contributed by atoms with Crippen molar-refractivity contribution in [2.24, 2.45) is 0 Å². The number of anilines is 1. The molecule has 6 nitrogen and oxygen atoms in total. The minimum Gasteiger partial charge on any atom is -0.493 e. The van der Waals surface area contributed by atoms with Crippen molar-refractivity contribution >= 4 is 39.1 Å². The zero-order chi connectivity index (χ0) is 22.3. The van der Waals surface area contributed by atoms with Crippen LogP contribution in [-0.2, 0) is 16.0 Å². The third kappa shape index (κ3) is 5.12. The van der Waals surface area contributed by atoms with Gasteiger partial charge in [-0.2, -0.15) is 0 Å². The lowest BCUT2D eigenvalue weighted by Gasteiger charge is -2.08. The van der Waals surface area contributed by atoms with E-state index in [-0.39, 0.29) is 24.8 Å². The van der Waals surface area contributed by atoms with Crippen molar-refractivity contribution < 1.29 is 14.3 Å². The Kier molecular flexibility index (Phi) is 6.77. The molecule has 32 heavy (non-hydrogen) atoms. The summed E-state index contributed by atoms with van der Waals surface area (Å²) in [6.45, 7) is 2.37. The van der Waals surface area contributed by atoms with E-state index in [4.69, 9.17) is 4.74 Å². The van der Waals surface area contributed by atoms with E-state index in [9.17, 15) is 9.59 Å². The molecule has 7 heteroatoms. The minimum atomic E-state index is -0.324. The lowest BCUT2D eigenvalue weighted by molar-refractivity contribution is -0.123. The maximum absolute atomic E-state index is 12.4. The van der Waals surface area contributed by atoms with Crippen LogP contribution in [-0.4, -0.2) is 29.9 Å². The molecule has 0 atom stereocenters. The maximum Gasteiger partial charge on any atom is 0.245 e. The maximum atomic E-state index is 12.4. The predicted octanol–water partition coefficient (Wildman–Crippen LogP) is 4.66. The predicted molar refractivity (Wildman–Crippen MR) is 128 cm³/mol. The number of thiazole rings is 1. The second kappa shape index (κ2) is 10.1. The van der Waals surface area contributed by atoms with Gasteiger partial charge >= 0.3 is 0 Å². The van der Waals surface area contributed by atoms with Crippen molar-refractivity contribution in [3.63, 3.8) is 0 Å². The summed E-state index contributed by atoms with van der Waals surface area (Å²) in [4.78, 5) is 29.2. The monoisotopic (exact) mass is 445 g/mol. The lowest BCUT2D eigenvalue weighted by Crippen LogP contribution is -2.33. The number of hydrogen-bond donors (Lipinski definition) is 2. The number of aromatic nitrogens is 1. The summed E-state index contributed by atoms with van der Waals surface area (Å²) >= 11 is 1.33. The number of ether oxygens (including phenoxy) is 1. The summed E-state index contributed by atoms with van der Waals surface area (Å²) < 4.78 is 5.65. The van der Waals surface area contributed by atoms with E-state index in [2.05, 4.69) is 15.6 Å². The van der Waals surface area contributed by atoms with Crippen molar-refractivity contribution in [3.05, 3.63) is 77.7 Å². The summed E-state index contributed by atoms with van der Waals surface area (Å²) in [5.41, 5.74) is 2.53. The number of rotatable bonds is 8.